The van der Waals surface area contributed by atoms with Gasteiger partial charge in [-0.15, -0.1) is 0 Å². The van der Waals surface area contributed by atoms with Gasteiger partial charge in [0.05, 0.1) is 0 Å². The van der Waals surface area contributed by atoms with E-state index in [4.69, 9.17) is 0 Å². The predicted octanol–water partition coefficient (Wildman–Crippen LogP) is 10.2. The lowest BCUT2D eigenvalue weighted by Gasteiger charge is -2.03. The molecule has 0 radical (unpaired) electrons. The lowest BCUT2D eigenvalue weighted by atomic mass is 10.0. The van der Waals surface area contributed by atoms with E-state index in [1.165, 1.54) is 78.4 Å². The summed E-state index contributed by atoms with van der Waals surface area (Å²) in [4.78, 5) is 0. The lowest BCUT2D eigenvalue weighted by Crippen LogP contribution is -1.83. The molecule has 0 saturated heterocycles. The first-order chi connectivity index (χ1) is 14.4. The number of rotatable bonds is 14. The Morgan fingerprint density at radius 1 is 0.667 bits per heavy atom. The van der Waals surface area contributed by atoms with Gasteiger partial charge in [-0.1, -0.05) is 58.2 Å². The summed E-state index contributed by atoms with van der Waals surface area (Å²) in [6.07, 6.45) is 22.5. The van der Waals surface area contributed by atoms with E-state index in [9.17, 15) is 0 Å². The van der Waals surface area contributed by atoms with E-state index in [1.54, 1.807) is 11.3 Å². The van der Waals surface area contributed by atoms with Crippen LogP contribution in [0.15, 0.2) is 75.1 Å². The van der Waals surface area contributed by atoms with E-state index in [-0.39, 0.29) is 0 Å². The van der Waals surface area contributed by atoms with Crippen molar-refractivity contribution in [1.82, 2.24) is 0 Å². The Morgan fingerprint density at radius 3 is 1.63 bits per heavy atom. The van der Waals surface area contributed by atoms with E-state index >= 15 is 0 Å². The van der Waals surface area contributed by atoms with Gasteiger partial charge in [-0.3, -0.25) is 0 Å². The zero-order chi connectivity index (χ0) is 22.2. The molecule has 30 heavy (non-hydrogen) atoms. The SMILES string of the molecule is CC(C)=CC/C(C)=C/CC/C(C)=C/CC/C(C)=C/CC/C(C)=C/CCc1ccsc1. The van der Waals surface area contributed by atoms with Crippen LogP contribution in [0.4, 0.5) is 0 Å². The zero-order valence-corrected chi connectivity index (χ0v) is 21.2. The Hall–Kier alpha value is -1.60. The standard InChI is InChI=1S/C29H44S/c1-24(2)19-20-28(6)16-9-15-26(4)12-7-11-25(3)13-8-14-27(5)17-10-18-29-21-22-30-23-29/h12-13,16-17,19,21-23H,7-11,14-15,18,20H2,1-6H3/b25-13+,26-12+,27-17+,28-16+. The number of hydrogen-bond acceptors (Lipinski definition) is 1. The third-order valence-corrected chi connectivity index (χ3v) is 6.16. The van der Waals surface area contributed by atoms with Gasteiger partial charge in [0.25, 0.3) is 0 Å². The molecule has 0 bridgehead atoms. The maximum absolute atomic E-state index is 2.44. The highest BCUT2D eigenvalue weighted by atomic mass is 32.1. The average molecular weight is 425 g/mol. The van der Waals surface area contributed by atoms with Crippen LogP contribution in [0.3, 0.4) is 0 Å². The monoisotopic (exact) mass is 424 g/mol. The highest BCUT2D eigenvalue weighted by Crippen LogP contribution is 2.15. The molecule has 0 spiro atoms. The maximum Gasteiger partial charge on any atom is -0.00611 e. The van der Waals surface area contributed by atoms with Crippen molar-refractivity contribution in [3.8, 4) is 0 Å². The molecule has 1 heterocycles. The molecule has 0 saturated carbocycles. The van der Waals surface area contributed by atoms with Crippen LogP contribution in [0.2, 0.25) is 0 Å². The van der Waals surface area contributed by atoms with Gasteiger partial charge < -0.3 is 0 Å². The van der Waals surface area contributed by atoms with Crippen LogP contribution >= 0.6 is 11.3 Å². The minimum atomic E-state index is 1.10. The molecule has 0 aliphatic carbocycles. The fourth-order valence-electron chi connectivity index (χ4n) is 3.31. The molecule has 1 rings (SSSR count). The van der Waals surface area contributed by atoms with Gasteiger partial charge in [-0.2, -0.15) is 11.3 Å². The molecule has 0 N–H and O–H groups in total. The van der Waals surface area contributed by atoms with Crippen molar-refractivity contribution in [3.63, 3.8) is 0 Å². The molecular weight excluding hydrogens is 380 g/mol. The third kappa shape index (κ3) is 14.4. The lowest BCUT2D eigenvalue weighted by molar-refractivity contribution is 0.892. The molecular formula is C29H44S. The van der Waals surface area contributed by atoms with Crippen molar-refractivity contribution in [3.05, 3.63) is 80.6 Å². The van der Waals surface area contributed by atoms with E-state index in [1.807, 2.05) is 0 Å². The van der Waals surface area contributed by atoms with Gasteiger partial charge in [-0.25, -0.2) is 0 Å². The maximum atomic E-state index is 2.44. The van der Waals surface area contributed by atoms with Gasteiger partial charge in [0.15, 0.2) is 0 Å². The summed E-state index contributed by atoms with van der Waals surface area (Å²) in [5, 5.41) is 4.43. The minimum absolute atomic E-state index is 1.10. The number of thiophene rings is 1. The van der Waals surface area contributed by atoms with Crippen molar-refractivity contribution in [2.75, 3.05) is 0 Å². The van der Waals surface area contributed by atoms with Crippen LogP contribution in [0.25, 0.3) is 0 Å². The summed E-state index contributed by atoms with van der Waals surface area (Å²) < 4.78 is 0. The van der Waals surface area contributed by atoms with E-state index in [0.29, 0.717) is 0 Å². The molecule has 1 aromatic rings. The fourth-order valence-corrected chi connectivity index (χ4v) is 4.02. The topological polar surface area (TPSA) is 0 Å². The van der Waals surface area contributed by atoms with Crippen molar-refractivity contribution >= 4 is 11.3 Å². The molecule has 166 valence electrons. The first-order valence-corrected chi connectivity index (χ1v) is 12.6. The van der Waals surface area contributed by atoms with E-state index < -0.39 is 0 Å². The van der Waals surface area contributed by atoms with Crippen LogP contribution < -0.4 is 0 Å². The predicted molar refractivity (Wildman–Crippen MR) is 139 cm³/mol. The number of aryl methyl sites for hydroxylation is 1. The Kier molecular flexibility index (Phi) is 14.2. The molecule has 1 heteroatoms. The van der Waals surface area contributed by atoms with Crippen LogP contribution in [0.5, 0.6) is 0 Å². The van der Waals surface area contributed by atoms with E-state index in [2.05, 4.69) is 88.7 Å². The minimum Gasteiger partial charge on any atom is -0.152 e. The summed E-state index contributed by atoms with van der Waals surface area (Å²) in [5.41, 5.74) is 8.94. The molecule has 0 amide bonds. The number of hydrogen-bond donors (Lipinski definition) is 0. The summed E-state index contributed by atoms with van der Waals surface area (Å²) in [6, 6.07) is 2.24. The summed E-state index contributed by atoms with van der Waals surface area (Å²) >= 11 is 1.79. The van der Waals surface area contributed by atoms with Crippen molar-refractivity contribution in [2.45, 2.75) is 99.3 Å². The van der Waals surface area contributed by atoms with Gasteiger partial charge in [0.1, 0.15) is 0 Å². The Labute approximate surface area is 191 Å². The van der Waals surface area contributed by atoms with Gasteiger partial charge in [-0.05, 0) is 122 Å². The Bertz CT molecular complexity index is 731. The van der Waals surface area contributed by atoms with Crippen molar-refractivity contribution in [2.24, 2.45) is 0 Å². The zero-order valence-electron chi connectivity index (χ0n) is 20.4. The second-order valence-electron chi connectivity index (χ2n) is 8.97. The van der Waals surface area contributed by atoms with Crippen LogP contribution in [0.1, 0.15) is 98.5 Å². The number of allylic oxidation sites excluding steroid dienone is 10. The quantitative estimate of drug-likeness (QED) is 0.260. The second kappa shape index (κ2) is 16.1. The normalized spacial score (nSPS) is 13.7. The molecule has 0 aliphatic heterocycles. The largest absolute Gasteiger partial charge is 0.152 e. The summed E-state index contributed by atoms with van der Waals surface area (Å²) in [6.45, 7) is 13.4. The smallest absolute Gasteiger partial charge is 0.00611 e. The van der Waals surface area contributed by atoms with Gasteiger partial charge in [0, 0.05) is 0 Å². The van der Waals surface area contributed by atoms with Gasteiger partial charge >= 0.3 is 0 Å². The molecule has 0 atom stereocenters. The van der Waals surface area contributed by atoms with Crippen LogP contribution in [0, 0.1) is 0 Å². The highest BCUT2D eigenvalue weighted by molar-refractivity contribution is 7.07. The second-order valence-corrected chi connectivity index (χ2v) is 9.75. The molecule has 0 nitrogen and oxygen atoms in total. The molecule has 0 aromatic carbocycles. The molecule has 0 unspecified atom stereocenters. The fraction of sp³-hybridized carbons (Fsp3) is 0.517. The van der Waals surface area contributed by atoms with Crippen LogP contribution in [-0.2, 0) is 6.42 Å². The summed E-state index contributed by atoms with van der Waals surface area (Å²) in [7, 11) is 0. The molecule has 1 aromatic heterocycles. The third-order valence-electron chi connectivity index (χ3n) is 5.43. The highest BCUT2D eigenvalue weighted by Gasteiger charge is 1.95. The first kappa shape index (κ1) is 26.4. The van der Waals surface area contributed by atoms with Gasteiger partial charge in [0.2, 0.25) is 0 Å². The van der Waals surface area contributed by atoms with E-state index in [0.717, 1.165) is 12.8 Å². The first-order valence-electron chi connectivity index (χ1n) is 11.6. The Morgan fingerprint density at radius 2 is 1.17 bits per heavy atom. The van der Waals surface area contributed by atoms with Crippen molar-refractivity contribution < 1.29 is 0 Å². The Balaban J connectivity index is 2.20. The summed E-state index contributed by atoms with van der Waals surface area (Å²) in [5.74, 6) is 0. The molecule has 0 aliphatic rings. The van der Waals surface area contributed by atoms with Crippen LogP contribution in [-0.4, -0.2) is 0 Å². The van der Waals surface area contributed by atoms with Crippen molar-refractivity contribution in [1.29, 1.82) is 0 Å². The average Bonchev–Trinajstić information content (AvgIpc) is 3.20. The molecule has 0 fully saturated rings.